The largest absolute Gasteiger partial charge is 0.493 e. The van der Waals surface area contributed by atoms with E-state index in [4.69, 9.17) is 4.74 Å². The molecule has 0 aliphatic carbocycles. The van der Waals surface area contributed by atoms with Crippen molar-refractivity contribution in [1.29, 1.82) is 0 Å². The number of rotatable bonds is 8. The molecule has 0 aromatic heterocycles. The van der Waals surface area contributed by atoms with E-state index in [1.807, 2.05) is 65.6 Å². The van der Waals surface area contributed by atoms with Crippen LogP contribution in [0.25, 0.3) is 0 Å². The molecule has 1 heterocycles. The maximum atomic E-state index is 13.7. The highest BCUT2D eigenvalue weighted by Gasteiger charge is 2.43. The topological polar surface area (TPSA) is 41.6 Å². The summed E-state index contributed by atoms with van der Waals surface area (Å²) in [5.41, 5.74) is 3.01. The maximum absolute atomic E-state index is 13.7. The van der Waals surface area contributed by atoms with Crippen molar-refractivity contribution in [3.63, 3.8) is 0 Å². The number of hydrogen-bond acceptors (Lipinski definition) is 3. The zero-order valence-corrected chi connectivity index (χ0v) is 19.2. The van der Waals surface area contributed by atoms with E-state index >= 15 is 0 Å². The first-order valence-corrected chi connectivity index (χ1v) is 11.4. The monoisotopic (exact) mass is 428 g/mol. The molecule has 1 N–H and O–H groups in total. The summed E-state index contributed by atoms with van der Waals surface area (Å²) >= 11 is 0. The predicted octanol–water partition coefficient (Wildman–Crippen LogP) is 6.09. The van der Waals surface area contributed by atoms with Crippen LogP contribution in [-0.4, -0.2) is 24.0 Å². The van der Waals surface area contributed by atoms with Gasteiger partial charge in [0.25, 0.3) is 5.91 Å². The molecule has 1 aliphatic heterocycles. The minimum atomic E-state index is -0.728. The molecule has 3 aromatic carbocycles. The molecule has 1 amide bonds. The molecule has 1 atom stereocenters. The quantitative estimate of drug-likeness (QED) is 0.472. The third-order valence-corrected chi connectivity index (χ3v) is 6.15. The van der Waals surface area contributed by atoms with Crippen LogP contribution in [0.3, 0.4) is 0 Å². The Hall–Kier alpha value is -3.27. The highest BCUT2D eigenvalue weighted by Crippen LogP contribution is 2.41. The van der Waals surface area contributed by atoms with Gasteiger partial charge in [-0.1, -0.05) is 74.5 Å². The van der Waals surface area contributed by atoms with E-state index < -0.39 is 5.66 Å². The van der Waals surface area contributed by atoms with Gasteiger partial charge in [0.05, 0.1) is 12.2 Å². The fraction of sp³-hybridized carbons (Fsp3) is 0.321. The van der Waals surface area contributed by atoms with Gasteiger partial charge in [0.15, 0.2) is 0 Å². The summed E-state index contributed by atoms with van der Waals surface area (Å²) in [6, 6.07) is 26.1. The van der Waals surface area contributed by atoms with Gasteiger partial charge in [-0.15, -0.1) is 0 Å². The molecule has 0 bridgehead atoms. The first-order valence-electron chi connectivity index (χ1n) is 11.4. The van der Waals surface area contributed by atoms with E-state index in [0.717, 1.165) is 29.8 Å². The molecule has 4 heteroatoms. The molecular weight excluding hydrogens is 396 g/mol. The van der Waals surface area contributed by atoms with Crippen LogP contribution in [0, 0.1) is 5.92 Å². The van der Waals surface area contributed by atoms with Gasteiger partial charge in [-0.2, -0.15) is 0 Å². The predicted molar refractivity (Wildman–Crippen MR) is 130 cm³/mol. The van der Waals surface area contributed by atoms with Gasteiger partial charge < -0.3 is 15.0 Å². The van der Waals surface area contributed by atoms with Crippen LogP contribution < -0.4 is 10.1 Å². The lowest BCUT2D eigenvalue weighted by Gasteiger charge is -2.47. The molecule has 3 aromatic rings. The summed E-state index contributed by atoms with van der Waals surface area (Å²) in [5, 5.41) is 3.67. The molecule has 1 aliphatic rings. The highest BCUT2D eigenvalue weighted by molar-refractivity contribution is 6.02. The minimum Gasteiger partial charge on any atom is -0.493 e. The van der Waals surface area contributed by atoms with Crippen LogP contribution in [0.15, 0.2) is 78.9 Å². The van der Waals surface area contributed by atoms with Gasteiger partial charge in [0, 0.05) is 17.8 Å². The van der Waals surface area contributed by atoms with Crippen LogP contribution in [0.2, 0.25) is 0 Å². The number of carbonyl (C=O) groups excluding carboxylic acids is 1. The van der Waals surface area contributed by atoms with Crippen molar-refractivity contribution >= 4 is 11.6 Å². The fourth-order valence-electron chi connectivity index (χ4n) is 4.28. The lowest BCUT2D eigenvalue weighted by molar-refractivity contribution is 0.0532. The van der Waals surface area contributed by atoms with E-state index in [9.17, 15) is 4.79 Å². The first kappa shape index (κ1) is 21.9. The maximum Gasteiger partial charge on any atom is 0.258 e. The van der Waals surface area contributed by atoms with Gasteiger partial charge in [-0.05, 0) is 49.4 Å². The zero-order chi connectivity index (χ0) is 22.6. The van der Waals surface area contributed by atoms with Crippen molar-refractivity contribution in [3.8, 4) is 5.75 Å². The number of fused-ring (bicyclic) bond motifs is 1. The highest BCUT2D eigenvalue weighted by atomic mass is 16.5. The standard InChI is InChI=1S/C28H32N2O2/c1-21(2)18-20-32-26-16-10-8-14-24(26)28(3)29-25-15-9-7-13-23(25)27(31)30(28)19-17-22-11-5-4-6-12-22/h4-16,21,29H,17-20H2,1-3H3. The summed E-state index contributed by atoms with van der Waals surface area (Å²) in [7, 11) is 0. The molecule has 32 heavy (non-hydrogen) atoms. The molecule has 4 rings (SSSR count). The molecule has 166 valence electrons. The van der Waals surface area contributed by atoms with Crippen LogP contribution in [0.5, 0.6) is 5.75 Å². The average molecular weight is 429 g/mol. The van der Waals surface area contributed by atoms with Gasteiger partial charge in [0.2, 0.25) is 0 Å². The Morgan fingerprint density at radius 2 is 1.62 bits per heavy atom. The molecule has 0 saturated carbocycles. The van der Waals surface area contributed by atoms with E-state index in [1.54, 1.807) is 0 Å². The molecule has 0 radical (unpaired) electrons. The van der Waals surface area contributed by atoms with E-state index in [1.165, 1.54) is 5.56 Å². The van der Waals surface area contributed by atoms with Crippen molar-refractivity contribution in [1.82, 2.24) is 4.90 Å². The van der Waals surface area contributed by atoms with Crippen molar-refractivity contribution in [3.05, 3.63) is 95.6 Å². The van der Waals surface area contributed by atoms with Crippen LogP contribution in [-0.2, 0) is 12.1 Å². The Bertz CT molecular complexity index is 1060. The van der Waals surface area contributed by atoms with E-state index in [-0.39, 0.29) is 5.91 Å². The third-order valence-electron chi connectivity index (χ3n) is 6.15. The third kappa shape index (κ3) is 4.50. The SMILES string of the molecule is CC(C)CCOc1ccccc1C1(C)Nc2ccccc2C(=O)N1CCc1ccccc1. The number of para-hydroxylation sites is 2. The second-order valence-electron chi connectivity index (χ2n) is 8.96. The number of anilines is 1. The van der Waals surface area contributed by atoms with Gasteiger partial charge in [-0.3, -0.25) is 4.79 Å². The van der Waals surface area contributed by atoms with Gasteiger partial charge in [0.1, 0.15) is 11.4 Å². The van der Waals surface area contributed by atoms with Crippen molar-refractivity contribution < 1.29 is 9.53 Å². The van der Waals surface area contributed by atoms with Crippen LogP contribution in [0.4, 0.5) is 5.69 Å². The normalized spacial score (nSPS) is 17.8. The molecule has 0 fully saturated rings. The molecular formula is C28H32N2O2. The number of carbonyl (C=O) groups is 1. The van der Waals surface area contributed by atoms with Gasteiger partial charge >= 0.3 is 0 Å². The number of hydrogen-bond donors (Lipinski definition) is 1. The molecule has 0 saturated heterocycles. The summed E-state index contributed by atoms with van der Waals surface area (Å²) in [4.78, 5) is 15.6. The Morgan fingerprint density at radius 3 is 2.41 bits per heavy atom. The number of benzene rings is 3. The second-order valence-corrected chi connectivity index (χ2v) is 8.96. The van der Waals surface area contributed by atoms with Crippen LogP contribution >= 0.6 is 0 Å². The van der Waals surface area contributed by atoms with E-state index in [2.05, 4.69) is 44.3 Å². The lowest BCUT2D eigenvalue weighted by atomic mass is 9.92. The minimum absolute atomic E-state index is 0.0368. The van der Waals surface area contributed by atoms with Gasteiger partial charge in [-0.25, -0.2) is 0 Å². The number of amides is 1. The lowest BCUT2D eigenvalue weighted by Crippen LogP contribution is -2.56. The second kappa shape index (κ2) is 9.47. The summed E-state index contributed by atoms with van der Waals surface area (Å²) < 4.78 is 6.22. The number of ether oxygens (including phenoxy) is 1. The molecule has 0 spiro atoms. The first-order chi connectivity index (χ1) is 15.5. The summed E-state index contributed by atoms with van der Waals surface area (Å²) in [5.74, 6) is 1.43. The number of nitrogens with one attached hydrogen (secondary N) is 1. The Morgan fingerprint density at radius 1 is 0.938 bits per heavy atom. The van der Waals surface area contributed by atoms with Crippen LogP contribution in [0.1, 0.15) is 48.7 Å². The Balaban J connectivity index is 1.71. The molecule has 1 unspecified atom stereocenters. The zero-order valence-electron chi connectivity index (χ0n) is 19.2. The summed E-state index contributed by atoms with van der Waals surface area (Å²) in [6.07, 6.45) is 1.76. The van der Waals surface area contributed by atoms with Crippen molar-refractivity contribution in [2.75, 3.05) is 18.5 Å². The average Bonchev–Trinajstić information content (AvgIpc) is 2.80. The van der Waals surface area contributed by atoms with E-state index in [0.29, 0.717) is 24.6 Å². The molecule has 4 nitrogen and oxygen atoms in total. The Labute approximate surface area is 191 Å². The Kier molecular flexibility index (Phi) is 6.50. The smallest absolute Gasteiger partial charge is 0.258 e. The van der Waals surface area contributed by atoms with Crippen molar-refractivity contribution in [2.24, 2.45) is 5.92 Å². The number of nitrogens with zero attached hydrogens (tertiary/aromatic N) is 1. The fourth-order valence-corrected chi connectivity index (χ4v) is 4.28. The van der Waals surface area contributed by atoms with Crippen molar-refractivity contribution in [2.45, 2.75) is 39.3 Å². The summed E-state index contributed by atoms with van der Waals surface area (Å²) in [6.45, 7) is 7.72.